The minimum atomic E-state index is -0.555. The predicted octanol–water partition coefficient (Wildman–Crippen LogP) is 1.47. The molecular formula is C16H23FN2O5. The van der Waals surface area contributed by atoms with Crippen LogP contribution in [0.4, 0.5) is 4.39 Å². The normalized spacial score (nSPS) is 13.2. The van der Waals surface area contributed by atoms with Crippen molar-refractivity contribution in [2.24, 2.45) is 5.92 Å². The van der Waals surface area contributed by atoms with Crippen molar-refractivity contribution in [3.8, 4) is 0 Å². The lowest BCUT2D eigenvalue weighted by atomic mass is 10.0. The Morgan fingerprint density at radius 1 is 1.25 bits per heavy atom. The molecule has 0 spiro atoms. The van der Waals surface area contributed by atoms with Gasteiger partial charge in [0.25, 0.3) is 5.91 Å². The smallest absolute Gasteiger partial charge is 0.251 e. The van der Waals surface area contributed by atoms with E-state index < -0.39 is 29.6 Å². The summed E-state index contributed by atoms with van der Waals surface area (Å²) in [6.07, 6.45) is 0.255. The van der Waals surface area contributed by atoms with Crippen LogP contribution < -0.4 is 10.8 Å². The van der Waals surface area contributed by atoms with Gasteiger partial charge in [0.2, 0.25) is 5.91 Å². The van der Waals surface area contributed by atoms with Gasteiger partial charge in [0.05, 0.1) is 12.6 Å². The molecule has 0 aromatic heterocycles. The van der Waals surface area contributed by atoms with Crippen LogP contribution in [0.3, 0.4) is 0 Å². The Kier molecular flexibility index (Phi) is 8.92. The molecule has 0 aliphatic carbocycles. The summed E-state index contributed by atoms with van der Waals surface area (Å²) in [5, 5.41) is 11.4. The van der Waals surface area contributed by atoms with Gasteiger partial charge in [0.1, 0.15) is 12.6 Å². The van der Waals surface area contributed by atoms with E-state index in [-0.39, 0.29) is 19.8 Å². The van der Waals surface area contributed by atoms with Crippen LogP contribution >= 0.6 is 0 Å². The quantitative estimate of drug-likeness (QED) is 0.259. The maximum atomic E-state index is 12.9. The van der Waals surface area contributed by atoms with Crippen LogP contribution in [0.1, 0.15) is 30.6 Å². The highest BCUT2D eigenvalue weighted by molar-refractivity contribution is 5.94. The summed E-state index contributed by atoms with van der Waals surface area (Å²) in [6.45, 7) is 4.14. The predicted molar refractivity (Wildman–Crippen MR) is 83.8 cm³/mol. The second-order valence-electron chi connectivity index (χ2n) is 5.27. The molecule has 0 aliphatic rings. The van der Waals surface area contributed by atoms with E-state index >= 15 is 0 Å². The van der Waals surface area contributed by atoms with Crippen LogP contribution in [0, 0.1) is 11.7 Å². The van der Waals surface area contributed by atoms with E-state index in [0.29, 0.717) is 12.2 Å². The molecule has 1 aromatic carbocycles. The van der Waals surface area contributed by atoms with E-state index in [1.165, 1.54) is 24.3 Å². The number of halogens is 1. The van der Waals surface area contributed by atoms with Crippen molar-refractivity contribution < 1.29 is 28.7 Å². The number of benzene rings is 1. The summed E-state index contributed by atoms with van der Waals surface area (Å²) in [4.78, 5) is 23.6. The van der Waals surface area contributed by atoms with Gasteiger partial charge >= 0.3 is 0 Å². The molecule has 0 saturated carbocycles. The molecule has 0 heterocycles. The van der Waals surface area contributed by atoms with Gasteiger partial charge < -0.3 is 14.8 Å². The molecule has 0 saturated heterocycles. The van der Waals surface area contributed by atoms with E-state index in [1.54, 1.807) is 12.4 Å². The van der Waals surface area contributed by atoms with Crippen molar-refractivity contribution in [1.82, 2.24) is 10.8 Å². The third-order valence-corrected chi connectivity index (χ3v) is 3.33. The Labute approximate surface area is 140 Å². The van der Waals surface area contributed by atoms with Gasteiger partial charge in [-0.15, -0.1) is 0 Å². The van der Waals surface area contributed by atoms with E-state index in [2.05, 4.69) is 5.32 Å². The number of hydrogen-bond acceptors (Lipinski definition) is 5. The Balaban J connectivity index is 2.66. The Hall–Kier alpha value is -2.03. The molecule has 2 atom stereocenters. The number of hydrogen-bond donors (Lipinski definition) is 3. The fourth-order valence-electron chi connectivity index (χ4n) is 2.02. The molecule has 134 valence electrons. The highest BCUT2D eigenvalue weighted by Crippen LogP contribution is 2.09. The molecule has 8 heteroatoms. The number of carbonyl (C=O) groups is 2. The standard InChI is InChI=1S/C16H23FN2O5/c1-3-23-10-24-9-14(8-11(2)15(20)19-22)18-16(21)12-4-6-13(17)7-5-12/h4-7,11,14,22H,3,8-10H2,1-2H3,(H,18,21)(H,19,20). The SMILES string of the molecule is CCOCOCC(CC(C)C(=O)NO)NC(=O)c1ccc(F)cc1. The van der Waals surface area contributed by atoms with Crippen molar-refractivity contribution >= 4 is 11.8 Å². The van der Waals surface area contributed by atoms with Gasteiger partial charge in [-0.25, -0.2) is 9.87 Å². The second-order valence-corrected chi connectivity index (χ2v) is 5.27. The zero-order valence-corrected chi connectivity index (χ0v) is 13.8. The van der Waals surface area contributed by atoms with Crippen LogP contribution in [0.2, 0.25) is 0 Å². The molecule has 2 amide bonds. The number of amides is 2. The van der Waals surface area contributed by atoms with Gasteiger partial charge in [-0.2, -0.15) is 0 Å². The molecule has 1 aromatic rings. The highest BCUT2D eigenvalue weighted by atomic mass is 19.1. The zero-order chi connectivity index (χ0) is 17.9. The topological polar surface area (TPSA) is 96.9 Å². The molecular weight excluding hydrogens is 319 g/mol. The van der Waals surface area contributed by atoms with E-state index in [1.807, 2.05) is 6.92 Å². The summed E-state index contributed by atoms with van der Waals surface area (Å²) < 4.78 is 23.3. The molecule has 2 unspecified atom stereocenters. The molecule has 24 heavy (non-hydrogen) atoms. The molecule has 0 fully saturated rings. The van der Waals surface area contributed by atoms with E-state index in [4.69, 9.17) is 14.7 Å². The second kappa shape index (κ2) is 10.7. The minimum Gasteiger partial charge on any atom is -0.356 e. The number of ether oxygens (including phenoxy) is 2. The Bertz CT molecular complexity index is 524. The summed E-state index contributed by atoms with van der Waals surface area (Å²) >= 11 is 0. The van der Waals surface area contributed by atoms with E-state index in [9.17, 15) is 14.0 Å². The third kappa shape index (κ3) is 7.03. The average molecular weight is 342 g/mol. The Morgan fingerprint density at radius 2 is 1.92 bits per heavy atom. The largest absolute Gasteiger partial charge is 0.356 e. The first-order valence-corrected chi connectivity index (χ1v) is 7.63. The fourth-order valence-corrected chi connectivity index (χ4v) is 2.02. The van der Waals surface area contributed by atoms with Crippen LogP contribution in [-0.4, -0.2) is 43.1 Å². The van der Waals surface area contributed by atoms with Gasteiger partial charge in [0, 0.05) is 18.1 Å². The number of hydroxylamine groups is 1. The first-order chi connectivity index (χ1) is 11.5. The first kappa shape index (κ1) is 20.0. The average Bonchev–Trinajstić information content (AvgIpc) is 2.58. The number of rotatable bonds is 10. The minimum absolute atomic E-state index is 0.0694. The molecule has 1 rings (SSSR count). The summed E-state index contributed by atoms with van der Waals surface area (Å²) in [5.74, 6) is -1.93. The maximum absolute atomic E-state index is 12.9. The van der Waals surface area contributed by atoms with Crippen LogP contribution in [0.25, 0.3) is 0 Å². The van der Waals surface area contributed by atoms with Gasteiger partial charge in [-0.1, -0.05) is 6.92 Å². The molecule has 0 bridgehead atoms. The lowest BCUT2D eigenvalue weighted by Crippen LogP contribution is -2.41. The third-order valence-electron chi connectivity index (χ3n) is 3.33. The molecule has 3 N–H and O–H groups in total. The van der Waals surface area contributed by atoms with Crippen molar-refractivity contribution in [2.75, 3.05) is 20.0 Å². The van der Waals surface area contributed by atoms with Crippen LogP contribution in [0.5, 0.6) is 0 Å². The van der Waals surface area contributed by atoms with Crippen molar-refractivity contribution in [1.29, 1.82) is 0 Å². The number of nitrogens with one attached hydrogen (secondary N) is 2. The molecule has 0 aliphatic heterocycles. The van der Waals surface area contributed by atoms with Gasteiger partial charge in [0.15, 0.2) is 0 Å². The van der Waals surface area contributed by atoms with E-state index in [0.717, 1.165) is 0 Å². The van der Waals surface area contributed by atoms with Crippen molar-refractivity contribution in [3.63, 3.8) is 0 Å². The first-order valence-electron chi connectivity index (χ1n) is 7.63. The summed E-state index contributed by atoms with van der Waals surface area (Å²) in [5.41, 5.74) is 1.88. The lowest BCUT2D eigenvalue weighted by Gasteiger charge is -2.21. The van der Waals surface area contributed by atoms with Gasteiger partial charge in [-0.3, -0.25) is 14.8 Å². The monoisotopic (exact) mass is 342 g/mol. The fraction of sp³-hybridized carbons (Fsp3) is 0.500. The Morgan fingerprint density at radius 3 is 2.50 bits per heavy atom. The maximum Gasteiger partial charge on any atom is 0.251 e. The zero-order valence-electron chi connectivity index (χ0n) is 13.8. The molecule has 7 nitrogen and oxygen atoms in total. The highest BCUT2D eigenvalue weighted by Gasteiger charge is 2.21. The van der Waals surface area contributed by atoms with Crippen molar-refractivity contribution in [2.45, 2.75) is 26.3 Å². The summed E-state index contributed by atoms with van der Waals surface area (Å²) in [6, 6.07) is 4.64. The lowest BCUT2D eigenvalue weighted by molar-refractivity contribution is -0.133. The molecule has 0 radical (unpaired) electrons. The number of carbonyl (C=O) groups excluding carboxylic acids is 2. The van der Waals surface area contributed by atoms with Gasteiger partial charge in [-0.05, 0) is 37.6 Å². The van der Waals surface area contributed by atoms with Crippen LogP contribution in [0.15, 0.2) is 24.3 Å². The van der Waals surface area contributed by atoms with Crippen molar-refractivity contribution in [3.05, 3.63) is 35.6 Å². The van der Waals surface area contributed by atoms with Crippen LogP contribution in [-0.2, 0) is 14.3 Å². The summed E-state index contributed by atoms with van der Waals surface area (Å²) in [7, 11) is 0.